The maximum Gasteiger partial charge on any atom is 0.241 e. The molecule has 7 N–H and O–H groups in total. The Bertz CT molecular complexity index is 1610. The topological polar surface area (TPSA) is 164 Å². The first kappa shape index (κ1) is 27.9. The van der Waals surface area contributed by atoms with Gasteiger partial charge in [-0.1, -0.05) is 36.4 Å². The Morgan fingerprint density at radius 2 is 1.77 bits per heavy atom. The first-order valence-corrected chi connectivity index (χ1v) is 15.5. The first-order chi connectivity index (χ1) is 19.2. The number of carbonyl (C=O) groups is 1. The maximum absolute atomic E-state index is 13.7. The van der Waals surface area contributed by atoms with Crippen molar-refractivity contribution >= 4 is 49.0 Å². The van der Waals surface area contributed by atoms with Gasteiger partial charge in [0.1, 0.15) is 10.8 Å². The SMILES string of the molecule is N=C(N)c1cccc(C[C@H](NS(=O)(=O)c2cccc(NC(=O)[C@H]3CC[C@@H](N)CC3)c2)c2nc3ccccc3s2)c1. The summed E-state index contributed by atoms with van der Waals surface area (Å²) in [7, 11) is -4.00. The van der Waals surface area contributed by atoms with E-state index in [4.69, 9.17) is 21.9 Å². The van der Waals surface area contributed by atoms with E-state index in [0.29, 0.717) is 22.7 Å². The Morgan fingerprint density at radius 1 is 1.02 bits per heavy atom. The highest BCUT2D eigenvalue weighted by atomic mass is 32.2. The van der Waals surface area contributed by atoms with Gasteiger partial charge in [0.05, 0.1) is 21.2 Å². The molecule has 1 aromatic heterocycles. The van der Waals surface area contributed by atoms with Gasteiger partial charge in [0, 0.05) is 23.2 Å². The number of fused-ring (bicyclic) bond motifs is 1. The van der Waals surface area contributed by atoms with E-state index in [1.807, 2.05) is 30.3 Å². The molecule has 0 spiro atoms. The van der Waals surface area contributed by atoms with Gasteiger partial charge in [0.15, 0.2) is 0 Å². The first-order valence-electron chi connectivity index (χ1n) is 13.2. The Balaban J connectivity index is 1.40. The number of carbonyl (C=O) groups excluding carboxylic acids is 1. The summed E-state index contributed by atoms with van der Waals surface area (Å²) >= 11 is 1.43. The Labute approximate surface area is 237 Å². The molecule has 1 amide bonds. The van der Waals surface area contributed by atoms with E-state index in [0.717, 1.165) is 41.5 Å². The van der Waals surface area contributed by atoms with Gasteiger partial charge in [-0.15, -0.1) is 11.3 Å². The van der Waals surface area contributed by atoms with Gasteiger partial charge in [0.25, 0.3) is 0 Å². The van der Waals surface area contributed by atoms with Gasteiger partial charge < -0.3 is 16.8 Å². The van der Waals surface area contributed by atoms with Crippen molar-refractivity contribution in [3.05, 3.63) is 88.9 Å². The monoisotopic (exact) mass is 576 g/mol. The van der Waals surface area contributed by atoms with Crippen molar-refractivity contribution in [2.24, 2.45) is 17.4 Å². The van der Waals surface area contributed by atoms with Gasteiger partial charge in [-0.3, -0.25) is 10.2 Å². The second-order valence-electron chi connectivity index (χ2n) is 10.1. The van der Waals surface area contributed by atoms with Crippen LogP contribution in [0, 0.1) is 11.3 Å². The number of para-hydroxylation sites is 1. The molecule has 1 aliphatic rings. The molecule has 0 bridgehead atoms. The third-order valence-electron chi connectivity index (χ3n) is 7.14. The third-order valence-corrected chi connectivity index (χ3v) is 9.76. The standard InChI is InChI=1S/C29H32N6O3S2/c30-21-13-11-19(12-14-21)28(36)33-22-7-4-8-23(17-22)40(37,38)35-25(16-18-5-3-6-20(15-18)27(31)32)29-34-24-9-1-2-10-26(24)39-29/h1-10,15,17,19,21,25,35H,11-14,16,30H2,(H3,31,32)(H,33,36)/t19-,21+,25-/m0/s1. The van der Waals surface area contributed by atoms with Crippen LogP contribution >= 0.6 is 11.3 Å². The minimum absolute atomic E-state index is 0.0413. The molecule has 3 aromatic carbocycles. The van der Waals surface area contributed by atoms with Crippen LogP contribution in [0.15, 0.2) is 77.7 Å². The molecule has 1 atom stereocenters. The van der Waals surface area contributed by atoms with E-state index in [2.05, 4.69) is 10.0 Å². The number of hydrogen-bond donors (Lipinski definition) is 5. The van der Waals surface area contributed by atoms with Crippen LogP contribution in [0.3, 0.4) is 0 Å². The van der Waals surface area contributed by atoms with Crippen LogP contribution in [0.25, 0.3) is 10.2 Å². The summed E-state index contributed by atoms with van der Waals surface area (Å²) < 4.78 is 31.1. The van der Waals surface area contributed by atoms with E-state index in [-0.39, 0.29) is 28.6 Å². The number of sulfonamides is 1. The van der Waals surface area contributed by atoms with E-state index in [9.17, 15) is 13.2 Å². The van der Waals surface area contributed by atoms with E-state index >= 15 is 0 Å². The molecule has 0 radical (unpaired) electrons. The highest BCUT2D eigenvalue weighted by Gasteiger charge is 2.27. The fraction of sp³-hybridized carbons (Fsp3) is 0.276. The van der Waals surface area contributed by atoms with Crippen molar-refractivity contribution in [2.45, 2.75) is 49.1 Å². The molecule has 1 fully saturated rings. The molecule has 40 heavy (non-hydrogen) atoms. The second-order valence-corrected chi connectivity index (χ2v) is 12.9. The largest absolute Gasteiger partial charge is 0.384 e. The molecule has 1 aliphatic carbocycles. The minimum atomic E-state index is -4.00. The number of aromatic nitrogens is 1. The predicted octanol–water partition coefficient (Wildman–Crippen LogP) is 4.30. The van der Waals surface area contributed by atoms with Crippen LogP contribution in [0.1, 0.15) is 47.9 Å². The number of hydrogen-bond acceptors (Lipinski definition) is 7. The van der Waals surface area contributed by atoms with Gasteiger partial charge in [0.2, 0.25) is 15.9 Å². The van der Waals surface area contributed by atoms with E-state index < -0.39 is 16.1 Å². The molecule has 1 heterocycles. The van der Waals surface area contributed by atoms with Gasteiger partial charge in [-0.2, -0.15) is 0 Å². The highest BCUT2D eigenvalue weighted by Crippen LogP contribution is 2.30. The molecule has 0 aliphatic heterocycles. The van der Waals surface area contributed by atoms with Crippen LogP contribution in [0.4, 0.5) is 5.69 Å². The fourth-order valence-electron chi connectivity index (χ4n) is 4.94. The van der Waals surface area contributed by atoms with Crippen molar-refractivity contribution in [2.75, 3.05) is 5.32 Å². The molecular formula is C29H32N6O3S2. The lowest BCUT2D eigenvalue weighted by molar-refractivity contribution is -0.120. The summed E-state index contributed by atoms with van der Waals surface area (Å²) in [6, 6.07) is 20.6. The summed E-state index contributed by atoms with van der Waals surface area (Å²) in [6.45, 7) is 0. The average Bonchev–Trinajstić information content (AvgIpc) is 3.38. The van der Waals surface area contributed by atoms with E-state index in [1.165, 1.54) is 23.5 Å². The quantitative estimate of drug-likeness (QED) is 0.147. The summed E-state index contributed by atoms with van der Waals surface area (Å²) in [5.41, 5.74) is 14.2. The number of nitrogens with two attached hydrogens (primary N) is 2. The highest BCUT2D eigenvalue weighted by molar-refractivity contribution is 7.89. The minimum Gasteiger partial charge on any atom is -0.384 e. The van der Waals surface area contributed by atoms with Gasteiger partial charge >= 0.3 is 0 Å². The van der Waals surface area contributed by atoms with Gasteiger partial charge in [-0.05, 0) is 74.1 Å². The van der Waals surface area contributed by atoms with Crippen LogP contribution in [-0.4, -0.2) is 31.2 Å². The zero-order chi connectivity index (χ0) is 28.3. The lowest BCUT2D eigenvalue weighted by atomic mass is 9.86. The number of rotatable bonds is 9. The molecule has 0 saturated heterocycles. The number of anilines is 1. The lowest BCUT2D eigenvalue weighted by Gasteiger charge is -2.25. The molecular weight excluding hydrogens is 544 g/mol. The number of amidine groups is 1. The molecule has 5 rings (SSSR count). The molecule has 208 valence electrons. The lowest BCUT2D eigenvalue weighted by Crippen LogP contribution is -2.32. The average molecular weight is 577 g/mol. The van der Waals surface area contributed by atoms with Crippen LogP contribution in [0.2, 0.25) is 0 Å². The number of thiazole rings is 1. The Kier molecular flexibility index (Phi) is 8.27. The van der Waals surface area contributed by atoms with Crippen molar-refractivity contribution in [1.82, 2.24) is 9.71 Å². The fourth-order valence-corrected chi connectivity index (χ4v) is 7.28. The van der Waals surface area contributed by atoms with Crippen molar-refractivity contribution in [3.63, 3.8) is 0 Å². The third kappa shape index (κ3) is 6.56. The van der Waals surface area contributed by atoms with Crippen molar-refractivity contribution < 1.29 is 13.2 Å². The molecule has 9 nitrogen and oxygen atoms in total. The van der Waals surface area contributed by atoms with E-state index in [1.54, 1.807) is 30.3 Å². The van der Waals surface area contributed by atoms with Gasteiger partial charge in [-0.25, -0.2) is 18.1 Å². The zero-order valence-corrected chi connectivity index (χ0v) is 23.5. The number of nitrogens with zero attached hydrogens (tertiary/aromatic N) is 1. The smallest absolute Gasteiger partial charge is 0.241 e. The second kappa shape index (κ2) is 11.8. The number of amides is 1. The number of nitrogen functional groups attached to an aromatic ring is 1. The normalized spacial score (nSPS) is 18.3. The van der Waals surface area contributed by atoms with Crippen LogP contribution < -0.4 is 21.5 Å². The predicted molar refractivity (Wildman–Crippen MR) is 159 cm³/mol. The van der Waals surface area contributed by atoms with Crippen LogP contribution in [-0.2, 0) is 21.2 Å². The summed E-state index contributed by atoms with van der Waals surface area (Å²) in [4.78, 5) is 17.6. The summed E-state index contributed by atoms with van der Waals surface area (Å²) in [5, 5.41) is 11.3. The zero-order valence-electron chi connectivity index (χ0n) is 21.8. The van der Waals surface area contributed by atoms with Crippen LogP contribution in [0.5, 0.6) is 0 Å². The number of nitrogens with one attached hydrogen (secondary N) is 3. The molecule has 1 saturated carbocycles. The maximum atomic E-state index is 13.7. The summed E-state index contributed by atoms with van der Waals surface area (Å²) in [6.07, 6.45) is 3.36. The van der Waals surface area contributed by atoms with Crippen molar-refractivity contribution in [1.29, 1.82) is 5.41 Å². The molecule has 11 heteroatoms. The molecule has 0 unspecified atom stereocenters. The summed E-state index contributed by atoms with van der Waals surface area (Å²) in [5.74, 6) is -0.312. The molecule has 4 aromatic rings. The number of benzene rings is 3. The Hall–Kier alpha value is -3.64. The van der Waals surface area contributed by atoms with Crippen molar-refractivity contribution in [3.8, 4) is 0 Å². The Morgan fingerprint density at radius 3 is 2.52 bits per heavy atom.